The van der Waals surface area contributed by atoms with Gasteiger partial charge in [0.15, 0.2) is 5.11 Å². The maximum Gasteiger partial charge on any atom is 0.189 e. The molecule has 0 radical (unpaired) electrons. The van der Waals surface area contributed by atoms with E-state index < -0.39 is 0 Å². The van der Waals surface area contributed by atoms with Crippen molar-refractivity contribution in [3.8, 4) is 5.75 Å². The van der Waals surface area contributed by atoms with Crippen LogP contribution in [0.15, 0.2) is 17.4 Å². The van der Waals surface area contributed by atoms with Gasteiger partial charge in [-0.2, -0.15) is 5.10 Å². The van der Waals surface area contributed by atoms with Gasteiger partial charge in [0.25, 0.3) is 0 Å². The van der Waals surface area contributed by atoms with Crippen molar-refractivity contribution in [1.29, 1.82) is 0 Å². The van der Waals surface area contributed by atoms with E-state index in [9.17, 15) is 0 Å². The second kappa shape index (κ2) is 6.58. The van der Waals surface area contributed by atoms with Crippen LogP contribution < -0.4 is 15.5 Å². The van der Waals surface area contributed by atoms with E-state index in [-0.39, 0.29) is 0 Å². The van der Waals surface area contributed by atoms with Gasteiger partial charge in [-0.3, -0.25) is 10.4 Å². The lowest BCUT2D eigenvalue weighted by molar-refractivity contribution is 0.300. The van der Waals surface area contributed by atoms with E-state index in [1.807, 2.05) is 19.2 Å². The molecule has 0 spiro atoms. The standard InChI is InChI=1S/C15H21N5OS/c1-10-7-13-14(17-8-10)12(3-6-21-13)18-19-15(22)20-5-4-16-11(2)9-20/h7-8,11,16H,3-6,9H2,1-2H3,(H,19,22)/b18-12-. The van der Waals surface area contributed by atoms with E-state index in [4.69, 9.17) is 17.0 Å². The number of pyridine rings is 1. The molecule has 0 bridgehead atoms. The molecule has 3 rings (SSSR count). The molecule has 1 aromatic heterocycles. The van der Waals surface area contributed by atoms with Gasteiger partial charge in [-0.1, -0.05) is 0 Å². The summed E-state index contributed by atoms with van der Waals surface area (Å²) in [5, 5.41) is 8.54. The van der Waals surface area contributed by atoms with E-state index in [0.717, 1.165) is 48.8 Å². The van der Waals surface area contributed by atoms with E-state index in [1.165, 1.54) is 0 Å². The second-order valence-corrected chi connectivity index (χ2v) is 6.12. The van der Waals surface area contributed by atoms with Gasteiger partial charge in [-0.05, 0) is 37.7 Å². The predicted molar refractivity (Wildman–Crippen MR) is 90.4 cm³/mol. The third kappa shape index (κ3) is 3.36. The Bertz CT molecular complexity index is 604. The van der Waals surface area contributed by atoms with Crippen LogP contribution >= 0.6 is 12.2 Å². The molecule has 1 aromatic rings. The molecule has 0 aromatic carbocycles. The van der Waals surface area contributed by atoms with E-state index in [2.05, 4.69) is 32.7 Å². The first-order valence-corrected chi connectivity index (χ1v) is 7.99. The first-order valence-electron chi connectivity index (χ1n) is 7.58. The van der Waals surface area contributed by atoms with E-state index in [1.54, 1.807) is 0 Å². The van der Waals surface area contributed by atoms with Gasteiger partial charge < -0.3 is 15.0 Å². The van der Waals surface area contributed by atoms with Crippen molar-refractivity contribution in [1.82, 2.24) is 20.6 Å². The van der Waals surface area contributed by atoms with Crippen LogP contribution in [0.2, 0.25) is 0 Å². The predicted octanol–water partition coefficient (Wildman–Crippen LogP) is 1.04. The lowest BCUT2D eigenvalue weighted by Crippen LogP contribution is -2.53. The van der Waals surface area contributed by atoms with Crippen molar-refractivity contribution >= 4 is 23.0 Å². The molecular formula is C15H21N5OS. The minimum Gasteiger partial charge on any atom is -0.491 e. The van der Waals surface area contributed by atoms with Gasteiger partial charge >= 0.3 is 0 Å². The monoisotopic (exact) mass is 319 g/mol. The Labute approximate surface area is 135 Å². The molecule has 2 aliphatic heterocycles. The fourth-order valence-corrected chi connectivity index (χ4v) is 2.87. The molecule has 0 amide bonds. The number of nitrogens with one attached hydrogen (secondary N) is 2. The minimum atomic E-state index is 0.439. The first kappa shape index (κ1) is 15.2. The Morgan fingerprint density at radius 3 is 3.27 bits per heavy atom. The Balaban J connectivity index is 1.70. The summed E-state index contributed by atoms with van der Waals surface area (Å²) >= 11 is 5.44. The van der Waals surface area contributed by atoms with Crippen LogP contribution in [0.1, 0.15) is 24.6 Å². The Morgan fingerprint density at radius 1 is 1.59 bits per heavy atom. The molecule has 6 nitrogen and oxygen atoms in total. The molecule has 2 N–H and O–H groups in total. The molecular weight excluding hydrogens is 298 g/mol. The van der Waals surface area contributed by atoms with Crippen molar-refractivity contribution in [3.05, 3.63) is 23.5 Å². The average molecular weight is 319 g/mol. The number of hydrazone groups is 1. The van der Waals surface area contributed by atoms with Crippen molar-refractivity contribution < 1.29 is 4.74 Å². The molecule has 118 valence electrons. The minimum absolute atomic E-state index is 0.439. The van der Waals surface area contributed by atoms with Crippen LogP contribution in [-0.2, 0) is 0 Å². The van der Waals surface area contributed by atoms with Gasteiger partial charge in [-0.15, -0.1) is 0 Å². The van der Waals surface area contributed by atoms with Crippen molar-refractivity contribution in [2.45, 2.75) is 26.3 Å². The normalized spacial score (nSPS) is 22.9. The van der Waals surface area contributed by atoms with Crippen molar-refractivity contribution in [3.63, 3.8) is 0 Å². The summed E-state index contributed by atoms with van der Waals surface area (Å²) in [4.78, 5) is 6.58. The lowest BCUT2D eigenvalue weighted by atomic mass is 10.1. The number of nitrogens with zero attached hydrogens (tertiary/aromatic N) is 3. The number of aryl methyl sites for hydroxylation is 1. The maximum absolute atomic E-state index is 5.65. The number of ether oxygens (including phenoxy) is 1. The quantitative estimate of drug-likeness (QED) is 0.596. The van der Waals surface area contributed by atoms with Gasteiger partial charge in [0.1, 0.15) is 11.4 Å². The topological polar surface area (TPSA) is 61.8 Å². The van der Waals surface area contributed by atoms with Crippen molar-refractivity contribution in [2.24, 2.45) is 5.10 Å². The first-order chi connectivity index (χ1) is 10.6. The molecule has 7 heteroatoms. The van der Waals surface area contributed by atoms with Gasteiger partial charge in [-0.25, -0.2) is 0 Å². The van der Waals surface area contributed by atoms with Crippen LogP contribution in [0.25, 0.3) is 0 Å². The zero-order valence-electron chi connectivity index (χ0n) is 12.9. The fraction of sp³-hybridized carbons (Fsp3) is 0.533. The van der Waals surface area contributed by atoms with Crippen LogP contribution in [0.3, 0.4) is 0 Å². The summed E-state index contributed by atoms with van der Waals surface area (Å²) in [6.45, 7) is 7.52. The number of aromatic nitrogens is 1. The van der Waals surface area contributed by atoms with Gasteiger partial charge in [0, 0.05) is 38.3 Å². The number of hydrogen-bond acceptors (Lipinski definition) is 5. The summed E-state index contributed by atoms with van der Waals surface area (Å²) in [5.74, 6) is 0.800. The summed E-state index contributed by atoms with van der Waals surface area (Å²) in [7, 11) is 0. The number of hydrogen-bond donors (Lipinski definition) is 2. The Kier molecular flexibility index (Phi) is 4.54. The highest BCUT2D eigenvalue weighted by molar-refractivity contribution is 7.80. The molecule has 3 heterocycles. The van der Waals surface area contributed by atoms with Crippen LogP contribution in [-0.4, -0.2) is 53.0 Å². The molecule has 1 atom stereocenters. The van der Waals surface area contributed by atoms with Gasteiger partial charge in [0.05, 0.1) is 12.3 Å². The van der Waals surface area contributed by atoms with Crippen LogP contribution in [0.5, 0.6) is 5.75 Å². The molecule has 22 heavy (non-hydrogen) atoms. The molecule has 1 fully saturated rings. The summed E-state index contributed by atoms with van der Waals surface area (Å²) in [6, 6.07) is 2.43. The SMILES string of the molecule is Cc1cnc2c(c1)OCC/C2=N/NC(=S)N1CCNC(C)C1. The Morgan fingerprint density at radius 2 is 2.45 bits per heavy atom. The zero-order chi connectivity index (χ0) is 15.5. The smallest absolute Gasteiger partial charge is 0.189 e. The number of piperazine rings is 1. The highest BCUT2D eigenvalue weighted by Gasteiger charge is 2.20. The third-order valence-electron chi connectivity index (χ3n) is 3.80. The maximum atomic E-state index is 5.65. The van der Waals surface area contributed by atoms with Gasteiger partial charge in [0.2, 0.25) is 0 Å². The zero-order valence-corrected chi connectivity index (χ0v) is 13.7. The number of fused-ring (bicyclic) bond motifs is 1. The van der Waals surface area contributed by atoms with Crippen molar-refractivity contribution in [2.75, 3.05) is 26.2 Å². The molecule has 0 saturated carbocycles. The molecule has 1 saturated heterocycles. The summed E-state index contributed by atoms with van der Waals surface area (Å²) in [5.41, 5.74) is 5.80. The number of rotatable bonds is 1. The van der Waals surface area contributed by atoms with Crippen LogP contribution in [0, 0.1) is 6.92 Å². The average Bonchev–Trinajstić information content (AvgIpc) is 2.52. The molecule has 1 unspecified atom stereocenters. The third-order valence-corrected chi connectivity index (χ3v) is 4.15. The highest BCUT2D eigenvalue weighted by Crippen LogP contribution is 2.23. The van der Waals surface area contributed by atoms with E-state index in [0.29, 0.717) is 17.8 Å². The molecule has 2 aliphatic rings. The second-order valence-electron chi connectivity index (χ2n) is 5.73. The largest absolute Gasteiger partial charge is 0.491 e. The number of thiocarbonyl (C=S) groups is 1. The summed E-state index contributed by atoms with van der Waals surface area (Å²) < 4.78 is 5.65. The summed E-state index contributed by atoms with van der Waals surface area (Å²) in [6.07, 6.45) is 2.57. The van der Waals surface area contributed by atoms with Crippen LogP contribution in [0.4, 0.5) is 0 Å². The highest BCUT2D eigenvalue weighted by atomic mass is 32.1. The Hall–Kier alpha value is -1.73. The van der Waals surface area contributed by atoms with E-state index >= 15 is 0 Å². The fourth-order valence-electron chi connectivity index (χ4n) is 2.66. The molecule has 0 aliphatic carbocycles. The lowest BCUT2D eigenvalue weighted by Gasteiger charge is -2.33.